The maximum absolute atomic E-state index is 9.54. The smallest absolute Gasteiger partial charge is 0.115 e. The minimum Gasteiger partial charge on any atom is -0.380 e. The van der Waals surface area contributed by atoms with Crippen molar-refractivity contribution in [2.24, 2.45) is 0 Å². The van der Waals surface area contributed by atoms with Crippen LogP contribution in [0.4, 0.5) is 0 Å². The van der Waals surface area contributed by atoms with Gasteiger partial charge in [-0.3, -0.25) is 0 Å². The molecule has 0 fully saturated rings. The van der Waals surface area contributed by atoms with Gasteiger partial charge in [0.2, 0.25) is 0 Å². The molecular weight excluding hydrogens is 208 g/mol. The van der Waals surface area contributed by atoms with Gasteiger partial charge in [0.15, 0.2) is 0 Å². The van der Waals surface area contributed by atoms with Crippen molar-refractivity contribution in [3.8, 4) is 11.8 Å². The van der Waals surface area contributed by atoms with Crippen molar-refractivity contribution in [3.05, 3.63) is 12.2 Å². The fourth-order valence-electron chi connectivity index (χ4n) is 1.64. The molecule has 0 heterocycles. The van der Waals surface area contributed by atoms with E-state index in [2.05, 4.69) is 31.8 Å². The first-order chi connectivity index (χ1) is 8.31. The Kier molecular flexibility index (Phi) is 12.7. The predicted octanol–water partition coefficient (Wildman–Crippen LogP) is 4.46. The zero-order valence-electron chi connectivity index (χ0n) is 11.5. The number of aliphatic hydroxyl groups is 1. The van der Waals surface area contributed by atoms with E-state index in [-0.39, 0.29) is 0 Å². The van der Waals surface area contributed by atoms with E-state index in [0.29, 0.717) is 0 Å². The molecule has 0 aromatic heterocycles. The number of unbranched alkanes of at least 4 members (excludes halogenated alkanes) is 6. The van der Waals surface area contributed by atoms with E-state index < -0.39 is 6.10 Å². The summed E-state index contributed by atoms with van der Waals surface area (Å²) in [6.07, 6.45) is 14.1. The number of hydrogen-bond acceptors (Lipinski definition) is 1. The van der Waals surface area contributed by atoms with Crippen LogP contribution in [-0.4, -0.2) is 11.2 Å². The normalized spacial score (nSPS) is 12.4. The van der Waals surface area contributed by atoms with Crippen molar-refractivity contribution in [1.29, 1.82) is 0 Å². The van der Waals surface area contributed by atoms with Gasteiger partial charge in [-0.2, -0.15) is 0 Å². The Labute approximate surface area is 107 Å². The Morgan fingerprint density at radius 3 is 2.41 bits per heavy atom. The third-order valence-corrected chi connectivity index (χ3v) is 2.76. The molecule has 0 aliphatic carbocycles. The summed E-state index contributed by atoms with van der Waals surface area (Å²) in [6.45, 7) is 4.39. The second-order valence-corrected chi connectivity index (χ2v) is 4.55. The molecule has 0 spiro atoms. The molecule has 0 rings (SSSR count). The van der Waals surface area contributed by atoms with Gasteiger partial charge >= 0.3 is 0 Å². The van der Waals surface area contributed by atoms with Gasteiger partial charge in [-0.25, -0.2) is 0 Å². The summed E-state index contributed by atoms with van der Waals surface area (Å²) in [5.74, 6) is 5.78. The van der Waals surface area contributed by atoms with Gasteiger partial charge in [0.1, 0.15) is 6.10 Å². The molecule has 1 N–H and O–H groups in total. The van der Waals surface area contributed by atoms with Crippen LogP contribution in [0.2, 0.25) is 0 Å². The Morgan fingerprint density at radius 2 is 1.71 bits per heavy atom. The summed E-state index contributed by atoms with van der Waals surface area (Å²) in [7, 11) is 0. The summed E-state index contributed by atoms with van der Waals surface area (Å²) in [5, 5.41) is 9.54. The largest absolute Gasteiger partial charge is 0.380 e. The van der Waals surface area contributed by atoms with E-state index in [1.807, 2.05) is 6.08 Å². The minimum absolute atomic E-state index is 0.439. The van der Waals surface area contributed by atoms with Crippen molar-refractivity contribution in [1.82, 2.24) is 0 Å². The minimum atomic E-state index is -0.439. The highest BCUT2D eigenvalue weighted by Crippen LogP contribution is 2.03. The van der Waals surface area contributed by atoms with Crippen molar-refractivity contribution >= 4 is 0 Å². The van der Waals surface area contributed by atoms with Crippen LogP contribution in [0.15, 0.2) is 12.2 Å². The van der Waals surface area contributed by atoms with Crippen molar-refractivity contribution < 1.29 is 5.11 Å². The van der Waals surface area contributed by atoms with Crippen LogP contribution in [0, 0.1) is 11.8 Å². The molecule has 0 unspecified atom stereocenters. The standard InChI is InChI=1S/C16H28O/c1-3-5-7-8-9-10-11-13-15-16(17)14-12-6-4-2/h10-11,16-17H,3-9,12,14H2,1-2H3/b11-10-/t16-/m1/s1. The number of hydrogen-bond donors (Lipinski definition) is 1. The Hall–Kier alpha value is -0.740. The molecular formula is C16H28O. The SMILES string of the molecule is CCCCCC/C=C\C#C[C@H](O)CCCCC. The molecule has 0 radical (unpaired) electrons. The van der Waals surface area contributed by atoms with Crippen LogP contribution in [0.1, 0.15) is 71.6 Å². The lowest BCUT2D eigenvalue weighted by molar-refractivity contribution is 0.217. The molecule has 0 aliphatic rings. The Balaban J connectivity index is 3.47. The van der Waals surface area contributed by atoms with Gasteiger partial charge in [-0.1, -0.05) is 63.9 Å². The summed E-state index contributed by atoms with van der Waals surface area (Å²) in [6, 6.07) is 0. The second-order valence-electron chi connectivity index (χ2n) is 4.55. The number of rotatable bonds is 9. The molecule has 1 atom stereocenters. The first-order valence-electron chi connectivity index (χ1n) is 7.15. The molecule has 0 aromatic rings. The fourth-order valence-corrected chi connectivity index (χ4v) is 1.64. The van der Waals surface area contributed by atoms with E-state index in [9.17, 15) is 5.11 Å². The Bertz CT molecular complexity index is 232. The van der Waals surface area contributed by atoms with E-state index in [4.69, 9.17) is 0 Å². The van der Waals surface area contributed by atoms with Crippen molar-refractivity contribution in [3.63, 3.8) is 0 Å². The average molecular weight is 236 g/mol. The van der Waals surface area contributed by atoms with Crippen LogP contribution in [0.3, 0.4) is 0 Å². The highest BCUT2D eigenvalue weighted by atomic mass is 16.3. The summed E-state index contributed by atoms with van der Waals surface area (Å²) in [4.78, 5) is 0. The van der Waals surface area contributed by atoms with Crippen LogP contribution in [-0.2, 0) is 0 Å². The summed E-state index contributed by atoms with van der Waals surface area (Å²) in [5.41, 5.74) is 0. The lowest BCUT2D eigenvalue weighted by Gasteiger charge is -2.00. The van der Waals surface area contributed by atoms with Crippen molar-refractivity contribution in [2.45, 2.75) is 77.7 Å². The summed E-state index contributed by atoms with van der Waals surface area (Å²) >= 11 is 0. The maximum atomic E-state index is 9.54. The zero-order chi connectivity index (χ0) is 12.8. The molecule has 0 aliphatic heterocycles. The monoisotopic (exact) mass is 236 g/mol. The predicted molar refractivity (Wildman–Crippen MR) is 75.8 cm³/mol. The first kappa shape index (κ1) is 16.3. The van der Waals surface area contributed by atoms with Crippen LogP contribution in [0.25, 0.3) is 0 Å². The molecule has 0 amide bonds. The molecule has 0 bridgehead atoms. The summed E-state index contributed by atoms with van der Waals surface area (Å²) < 4.78 is 0. The highest BCUT2D eigenvalue weighted by Gasteiger charge is 1.96. The van der Waals surface area contributed by atoms with Gasteiger partial charge in [0, 0.05) is 0 Å². The third-order valence-electron chi connectivity index (χ3n) is 2.76. The van der Waals surface area contributed by atoms with E-state index in [1.54, 1.807) is 0 Å². The van der Waals surface area contributed by atoms with Crippen LogP contribution >= 0.6 is 0 Å². The lowest BCUT2D eigenvalue weighted by atomic mass is 10.1. The topological polar surface area (TPSA) is 20.2 Å². The zero-order valence-corrected chi connectivity index (χ0v) is 11.5. The van der Waals surface area contributed by atoms with Crippen LogP contribution < -0.4 is 0 Å². The lowest BCUT2D eigenvalue weighted by Crippen LogP contribution is -2.01. The Morgan fingerprint density at radius 1 is 1.00 bits per heavy atom. The number of aliphatic hydroxyl groups excluding tert-OH is 1. The van der Waals surface area contributed by atoms with Crippen molar-refractivity contribution in [2.75, 3.05) is 0 Å². The van der Waals surface area contributed by atoms with Gasteiger partial charge in [-0.15, -0.1) is 0 Å². The fraction of sp³-hybridized carbons (Fsp3) is 0.750. The maximum Gasteiger partial charge on any atom is 0.115 e. The molecule has 0 saturated carbocycles. The van der Waals surface area contributed by atoms with Gasteiger partial charge in [0.05, 0.1) is 0 Å². The molecule has 1 nitrogen and oxygen atoms in total. The van der Waals surface area contributed by atoms with E-state index >= 15 is 0 Å². The average Bonchev–Trinajstić information content (AvgIpc) is 2.33. The second kappa shape index (κ2) is 13.3. The molecule has 1 heteroatoms. The molecule has 0 saturated heterocycles. The first-order valence-corrected chi connectivity index (χ1v) is 7.15. The quantitative estimate of drug-likeness (QED) is 0.463. The van der Waals surface area contributed by atoms with Gasteiger partial charge in [0.25, 0.3) is 0 Å². The van der Waals surface area contributed by atoms with Gasteiger partial charge < -0.3 is 5.11 Å². The molecule has 98 valence electrons. The van der Waals surface area contributed by atoms with Gasteiger partial charge in [-0.05, 0) is 31.8 Å². The number of allylic oxidation sites excluding steroid dienone is 2. The third kappa shape index (κ3) is 13.2. The highest BCUT2D eigenvalue weighted by molar-refractivity contribution is 5.17. The molecule has 17 heavy (non-hydrogen) atoms. The van der Waals surface area contributed by atoms with E-state index in [0.717, 1.165) is 19.3 Å². The van der Waals surface area contributed by atoms with E-state index in [1.165, 1.54) is 38.5 Å². The van der Waals surface area contributed by atoms with Crippen LogP contribution in [0.5, 0.6) is 0 Å². The molecule has 0 aromatic carbocycles.